The first kappa shape index (κ1) is 23.1. The first-order valence-electron chi connectivity index (χ1n) is 10.9. The summed E-state index contributed by atoms with van der Waals surface area (Å²) in [6.07, 6.45) is 0.748. The Kier molecular flexibility index (Phi) is 7.17. The molecule has 3 aromatic rings. The minimum Gasteiger partial charge on any atom is -0.379 e. The highest BCUT2D eigenvalue weighted by molar-refractivity contribution is 7.89. The van der Waals surface area contributed by atoms with Crippen molar-refractivity contribution < 1.29 is 17.9 Å². The Balaban J connectivity index is 1.31. The first-order valence-corrected chi connectivity index (χ1v) is 12.4. The van der Waals surface area contributed by atoms with Crippen LogP contribution in [0.2, 0.25) is 0 Å². The number of aryl methyl sites for hydroxylation is 1. The van der Waals surface area contributed by atoms with Gasteiger partial charge in [0.25, 0.3) is 0 Å². The van der Waals surface area contributed by atoms with Crippen LogP contribution in [-0.2, 0) is 26.0 Å². The molecule has 7 nitrogen and oxygen atoms in total. The highest BCUT2D eigenvalue weighted by Gasteiger charge is 2.26. The van der Waals surface area contributed by atoms with Gasteiger partial charge in [-0.3, -0.25) is 4.79 Å². The number of morpholine rings is 1. The first-order chi connectivity index (χ1) is 15.9. The molecule has 33 heavy (non-hydrogen) atoms. The van der Waals surface area contributed by atoms with Crippen molar-refractivity contribution in [3.8, 4) is 0 Å². The van der Waals surface area contributed by atoms with Gasteiger partial charge in [-0.1, -0.05) is 48.5 Å². The molecule has 0 bridgehead atoms. The Morgan fingerprint density at radius 3 is 2.42 bits per heavy atom. The molecular formula is C25H27N3O4S. The van der Waals surface area contributed by atoms with Crippen molar-refractivity contribution in [1.82, 2.24) is 9.73 Å². The molecule has 0 radical (unpaired) electrons. The van der Waals surface area contributed by atoms with Crippen LogP contribution in [0.4, 0.5) is 0 Å². The smallest absolute Gasteiger partial charge is 0.243 e. The summed E-state index contributed by atoms with van der Waals surface area (Å²) < 4.78 is 32.1. The summed E-state index contributed by atoms with van der Waals surface area (Å²) in [5.74, 6) is -0.194. The molecule has 0 spiro atoms. The van der Waals surface area contributed by atoms with Gasteiger partial charge in [0.05, 0.1) is 23.8 Å². The number of nitrogens with one attached hydrogen (secondary N) is 1. The SMILES string of the molecule is C/C(=N\NC(=O)CCc1ccc(S(=O)(=O)N2CCOCC2)cc1)c1ccc2ccccc2c1. The van der Waals surface area contributed by atoms with E-state index >= 15 is 0 Å². The lowest BCUT2D eigenvalue weighted by molar-refractivity contribution is -0.121. The van der Waals surface area contributed by atoms with Crippen LogP contribution >= 0.6 is 0 Å². The summed E-state index contributed by atoms with van der Waals surface area (Å²) in [5.41, 5.74) is 5.18. The van der Waals surface area contributed by atoms with Crippen molar-refractivity contribution in [2.45, 2.75) is 24.7 Å². The monoisotopic (exact) mass is 465 g/mol. The molecule has 1 amide bonds. The Bertz CT molecular complexity index is 1260. The number of hydrogen-bond acceptors (Lipinski definition) is 5. The van der Waals surface area contributed by atoms with E-state index in [4.69, 9.17) is 4.74 Å². The third-order valence-electron chi connectivity index (χ3n) is 5.69. The van der Waals surface area contributed by atoms with Gasteiger partial charge >= 0.3 is 0 Å². The fraction of sp³-hybridized carbons (Fsp3) is 0.280. The molecule has 1 fully saturated rings. The van der Waals surface area contributed by atoms with Crippen LogP contribution < -0.4 is 5.43 Å². The number of sulfonamides is 1. The minimum absolute atomic E-state index is 0.194. The normalized spacial score (nSPS) is 15.5. The quantitative estimate of drug-likeness (QED) is 0.428. The minimum atomic E-state index is -3.51. The zero-order valence-electron chi connectivity index (χ0n) is 18.5. The molecule has 1 N–H and O–H groups in total. The summed E-state index contributed by atoms with van der Waals surface area (Å²) >= 11 is 0. The van der Waals surface area contributed by atoms with Crippen LogP contribution in [0.25, 0.3) is 10.8 Å². The maximum Gasteiger partial charge on any atom is 0.243 e. The second-order valence-corrected chi connectivity index (χ2v) is 9.89. The lowest BCUT2D eigenvalue weighted by Crippen LogP contribution is -2.40. The number of amides is 1. The number of hydrogen-bond donors (Lipinski definition) is 1. The summed E-state index contributed by atoms with van der Waals surface area (Å²) in [6, 6.07) is 20.9. The maximum absolute atomic E-state index is 12.7. The third kappa shape index (κ3) is 5.65. The fourth-order valence-electron chi connectivity index (χ4n) is 3.70. The van der Waals surface area contributed by atoms with Gasteiger partial charge in [0.1, 0.15) is 0 Å². The maximum atomic E-state index is 12.7. The van der Waals surface area contributed by atoms with Crippen molar-refractivity contribution >= 4 is 32.4 Å². The standard InChI is InChI=1S/C25H27N3O4S/c1-19(22-10-9-21-4-2-3-5-23(21)18-22)26-27-25(29)13-8-20-6-11-24(12-7-20)33(30,31)28-14-16-32-17-15-28/h2-7,9-12,18H,8,13-17H2,1H3,(H,27,29)/b26-19+. The topological polar surface area (TPSA) is 88.1 Å². The van der Waals surface area contributed by atoms with Crippen molar-refractivity contribution in [1.29, 1.82) is 0 Å². The Hall–Kier alpha value is -3.07. The van der Waals surface area contributed by atoms with E-state index < -0.39 is 10.0 Å². The predicted molar refractivity (Wildman–Crippen MR) is 129 cm³/mol. The van der Waals surface area contributed by atoms with E-state index in [-0.39, 0.29) is 17.2 Å². The lowest BCUT2D eigenvalue weighted by Gasteiger charge is -2.26. The fourth-order valence-corrected chi connectivity index (χ4v) is 5.11. The largest absolute Gasteiger partial charge is 0.379 e. The van der Waals surface area contributed by atoms with Crippen molar-refractivity contribution in [3.05, 3.63) is 77.9 Å². The van der Waals surface area contributed by atoms with E-state index in [0.29, 0.717) is 32.7 Å². The molecule has 1 aliphatic heterocycles. The number of benzene rings is 3. The van der Waals surface area contributed by atoms with E-state index in [1.807, 2.05) is 43.3 Å². The van der Waals surface area contributed by atoms with Gasteiger partial charge in [-0.05, 0) is 53.4 Å². The highest BCUT2D eigenvalue weighted by atomic mass is 32.2. The molecule has 1 saturated heterocycles. The molecule has 0 aliphatic carbocycles. The molecule has 172 valence electrons. The van der Waals surface area contributed by atoms with E-state index in [1.165, 1.54) is 4.31 Å². The number of ether oxygens (including phenoxy) is 1. The Labute approximate surface area is 194 Å². The summed E-state index contributed by atoms with van der Waals surface area (Å²) in [5, 5.41) is 6.51. The van der Waals surface area contributed by atoms with Crippen LogP contribution in [0.3, 0.4) is 0 Å². The number of fused-ring (bicyclic) bond motifs is 1. The van der Waals surface area contributed by atoms with Gasteiger partial charge in [0.2, 0.25) is 15.9 Å². The molecular weight excluding hydrogens is 438 g/mol. The highest BCUT2D eigenvalue weighted by Crippen LogP contribution is 2.19. The van der Waals surface area contributed by atoms with Crippen molar-refractivity contribution in [2.75, 3.05) is 26.3 Å². The molecule has 1 aliphatic rings. The Morgan fingerprint density at radius 1 is 1.00 bits per heavy atom. The molecule has 4 rings (SSSR count). The summed E-state index contributed by atoms with van der Waals surface area (Å²) in [6.45, 7) is 3.41. The van der Waals surface area contributed by atoms with E-state index in [2.05, 4.69) is 16.6 Å². The van der Waals surface area contributed by atoms with E-state index in [9.17, 15) is 13.2 Å². The zero-order valence-corrected chi connectivity index (χ0v) is 19.3. The Morgan fingerprint density at radius 2 is 1.70 bits per heavy atom. The molecule has 0 saturated carbocycles. The lowest BCUT2D eigenvalue weighted by atomic mass is 10.0. The average molecular weight is 466 g/mol. The number of carbonyl (C=O) groups is 1. The van der Waals surface area contributed by atoms with Gasteiger partial charge in [0.15, 0.2) is 0 Å². The summed E-state index contributed by atoms with van der Waals surface area (Å²) in [7, 11) is -3.51. The van der Waals surface area contributed by atoms with Gasteiger partial charge in [-0.2, -0.15) is 9.41 Å². The van der Waals surface area contributed by atoms with Gasteiger partial charge in [0, 0.05) is 19.5 Å². The number of nitrogens with zero attached hydrogens (tertiary/aromatic N) is 2. The third-order valence-corrected chi connectivity index (χ3v) is 7.60. The second kappa shape index (κ2) is 10.2. The molecule has 0 unspecified atom stereocenters. The van der Waals surface area contributed by atoms with E-state index in [0.717, 1.165) is 27.6 Å². The van der Waals surface area contributed by atoms with Crippen LogP contribution in [-0.4, -0.2) is 50.6 Å². The van der Waals surface area contributed by atoms with Gasteiger partial charge < -0.3 is 4.74 Å². The summed E-state index contributed by atoms with van der Waals surface area (Å²) in [4.78, 5) is 12.5. The molecule has 1 heterocycles. The molecule has 3 aromatic carbocycles. The molecule has 0 atom stereocenters. The van der Waals surface area contributed by atoms with Gasteiger partial charge in [-0.25, -0.2) is 13.8 Å². The number of hydrazone groups is 1. The predicted octanol–water partition coefficient (Wildman–Crippen LogP) is 3.33. The van der Waals surface area contributed by atoms with Crippen LogP contribution in [0.1, 0.15) is 24.5 Å². The van der Waals surface area contributed by atoms with Crippen molar-refractivity contribution in [2.24, 2.45) is 5.10 Å². The molecule has 8 heteroatoms. The van der Waals surface area contributed by atoms with Crippen LogP contribution in [0, 0.1) is 0 Å². The van der Waals surface area contributed by atoms with E-state index in [1.54, 1.807) is 24.3 Å². The van der Waals surface area contributed by atoms with Crippen LogP contribution in [0.15, 0.2) is 76.7 Å². The van der Waals surface area contributed by atoms with Crippen molar-refractivity contribution in [3.63, 3.8) is 0 Å². The van der Waals surface area contributed by atoms with Gasteiger partial charge in [-0.15, -0.1) is 0 Å². The molecule has 0 aromatic heterocycles. The van der Waals surface area contributed by atoms with Crippen LogP contribution in [0.5, 0.6) is 0 Å². The average Bonchev–Trinajstić information content (AvgIpc) is 2.86. The number of carbonyl (C=O) groups excluding carboxylic acids is 1. The zero-order chi connectivity index (χ0) is 23.3. The second-order valence-electron chi connectivity index (χ2n) is 7.95. The number of rotatable bonds is 7.